The molecule has 0 heterocycles. The molecule has 2 atom stereocenters. The number of hydrogen-bond acceptors (Lipinski definition) is 4. The van der Waals surface area contributed by atoms with Crippen molar-refractivity contribution >= 4 is 0 Å². The van der Waals surface area contributed by atoms with Gasteiger partial charge in [0.1, 0.15) is 0 Å². The molecule has 0 amide bonds. The number of rotatable bonds is 9. The molecule has 1 aliphatic carbocycles. The van der Waals surface area contributed by atoms with E-state index < -0.39 is 0 Å². The van der Waals surface area contributed by atoms with Gasteiger partial charge in [-0.15, -0.1) is 0 Å². The first-order valence-electron chi connectivity index (χ1n) is 7.53. The Morgan fingerprint density at radius 2 is 1.95 bits per heavy atom. The number of hydrogen-bond donors (Lipinski definition) is 1. The van der Waals surface area contributed by atoms with Crippen molar-refractivity contribution in [2.75, 3.05) is 41.0 Å². The lowest BCUT2D eigenvalue weighted by atomic mass is 9.95. The van der Waals surface area contributed by atoms with Crippen LogP contribution in [0.1, 0.15) is 18.9 Å². The maximum atomic E-state index is 5.38. The van der Waals surface area contributed by atoms with Gasteiger partial charge >= 0.3 is 0 Å². The fourth-order valence-corrected chi connectivity index (χ4v) is 2.95. The van der Waals surface area contributed by atoms with Crippen molar-refractivity contribution in [2.45, 2.75) is 19.8 Å². The Kier molecular flexibility index (Phi) is 5.48. The molecule has 0 aliphatic heterocycles. The quantitative estimate of drug-likeness (QED) is 0.710. The van der Waals surface area contributed by atoms with Gasteiger partial charge < -0.3 is 19.5 Å². The largest absolute Gasteiger partial charge is 0.493 e. The van der Waals surface area contributed by atoms with Crippen LogP contribution < -0.4 is 14.8 Å². The number of benzene rings is 1. The molecule has 4 nitrogen and oxygen atoms in total. The Balaban J connectivity index is 1.87. The summed E-state index contributed by atoms with van der Waals surface area (Å²) in [4.78, 5) is 0. The molecule has 0 spiro atoms. The Hall–Kier alpha value is -1.26. The van der Waals surface area contributed by atoms with Crippen LogP contribution in [-0.4, -0.2) is 41.0 Å². The van der Waals surface area contributed by atoms with E-state index in [0.717, 1.165) is 43.5 Å². The van der Waals surface area contributed by atoms with E-state index in [1.165, 1.54) is 12.0 Å². The van der Waals surface area contributed by atoms with Crippen molar-refractivity contribution < 1.29 is 14.2 Å². The van der Waals surface area contributed by atoms with Gasteiger partial charge in [0.15, 0.2) is 11.5 Å². The van der Waals surface area contributed by atoms with Crippen molar-refractivity contribution in [1.82, 2.24) is 5.32 Å². The molecule has 1 saturated carbocycles. The maximum Gasteiger partial charge on any atom is 0.160 e. The second-order valence-electron chi connectivity index (χ2n) is 6.12. The highest BCUT2D eigenvalue weighted by Crippen LogP contribution is 2.54. The van der Waals surface area contributed by atoms with Crippen LogP contribution in [0.25, 0.3) is 0 Å². The van der Waals surface area contributed by atoms with Crippen LogP contribution in [0.3, 0.4) is 0 Å². The zero-order valence-electron chi connectivity index (χ0n) is 13.6. The Morgan fingerprint density at radius 3 is 2.62 bits per heavy atom. The van der Waals surface area contributed by atoms with E-state index in [0.29, 0.717) is 5.41 Å². The average molecular weight is 293 g/mol. The number of nitrogens with one attached hydrogen (secondary N) is 1. The first-order valence-corrected chi connectivity index (χ1v) is 7.53. The average Bonchev–Trinajstić information content (AvgIpc) is 3.13. The lowest BCUT2D eigenvalue weighted by Crippen LogP contribution is -2.23. The van der Waals surface area contributed by atoms with Gasteiger partial charge in [-0.1, -0.05) is 13.0 Å². The summed E-state index contributed by atoms with van der Waals surface area (Å²) in [6.07, 6.45) is 2.37. The Labute approximate surface area is 127 Å². The second-order valence-corrected chi connectivity index (χ2v) is 6.12. The van der Waals surface area contributed by atoms with Crippen molar-refractivity contribution in [3.05, 3.63) is 23.8 Å². The summed E-state index contributed by atoms with van der Waals surface area (Å²) in [6, 6.07) is 6.23. The van der Waals surface area contributed by atoms with E-state index in [2.05, 4.69) is 24.4 Å². The molecule has 1 aliphatic rings. The molecule has 1 fully saturated rings. The SMILES string of the molecule is COCCNCC1CC1(C)Cc1ccc(OC)c(OC)c1. The van der Waals surface area contributed by atoms with Gasteiger partial charge in [-0.25, -0.2) is 0 Å². The van der Waals surface area contributed by atoms with Crippen molar-refractivity contribution in [1.29, 1.82) is 0 Å². The summed E-state index contributed by atoms with van der Waals surface area (Å²) in [5, 5.41) is 3.46. The van der Waals surface area contributed by atoms with E-state index in [4.69, 9.17) is 14.2 Å². The molecule has 4 heteroatoms. The van der Waals surface area contributed by atoms with Crippen LogP contribution in [0.4, 0.5) is 0 Å². The third kappa shape index (κ3) is 4.11. The van der Waals surface area contributed by atoms with Gasteiger partial charge in [0.25, 0.3) is 0 Å². The fourth-order valence-electron chi connectivity index (χ4n) is 2.95. The van der Waals surface area contributed by atoms with E-state index >= 15 is 0 Å². The predicted octanol–water partition coefficient (Wildman–Crippen LogP) is 2.51. The summed E-state index contributed by atoms with van der Waals surface area (Å²) in [7, 11) is 5.09. The standard InChI is InChI=1S/C17H27NO3/c1-17(11-14(17)12-18-7-8-19-2)10-13-5-6-15(20-3)16(9-13)21-4/h5-6,9,14,18H,7-8,10-12H2,1-4H3. The molecule has 0 radical (unpaired) electrons. The van der Waals surface area contributed by atoms with Crippen LogP contribution in [-0.2, 0) is 11.2 Å². The molecular weight excluding hydrogens is 266 g/mol. The molecule has 118 valence electrons. The van der Waals surface area contributed by atoms with Gasteiger partial charge in [0.2, 0.25) is 0 Å². The molecule has 2 rings (SSSR count). The van der Waals surface area contributed by atoms with Gasteiger partial charge in [-0.05, 0) is 48.4 Å². The first-order chi connectivity index (χ1) is 10.1. The van der Waals surface area contributed by atoms with Crippen LogP contribution >= 0.6 is 0 Å². The van der Waals surface area contributed by atoms with E-state index in [-0.39, 0.29) is 0 Å². The normalized spacial score (nSPS) is 23.9. The minimum atomic E-state index is 0.402. The van der Waals surface area contributed by atoms with E-state index in [1.54, 1.807) is 21.3 Å². The van der Waals surface area contributed by atoms with Crippen molar-refractivity contribution in [2.24, 2.45) is 11.3 Å². The zero-order chi connectivity index (χ0) is 15.3. The summed E-state index contributed by atoms with van der Waals surface area (Å²) in [5.74, 6) is 2.36. The second kappa shape index (κ2) is 7.14. The molecule has 2 unspecified atom stereocenters. The van der Waals surface area contributed by atoms with Crippen LogP contribution in [0.2, 0.25) is 0 Å². The molecule has 1 aromatic carbocycles. The van der Waals surface area contributed by atoms with Crippen molar-refractivity contribution in [3.63, 3.8) is 0 Å². The molecule has 0 bridgehead atoms. The minimum Gasteiger partial charge on any atom is -0.493 e. The van der Waals surface area contributed by atoms with Gasteiger partial charge in [0.05, 0.1) is 20.8 Å². The Bertz CT molecular complexity index is 463. The molecule has 0 aromatic heterocycles. The topological polar surface area (TPSA) is 39.7 Å². The highest BCUT2D eigenvalue weighted by molar-refractivity contribution is 5.43. The molecule has 0 saturated heterocycles. The van der Waals surface area contributed by atoms with Crippen molar-refractivity contribution in [3.8, 4) is 11.5 Å². The van der Waals surface area contributed by atoms with E-state index in [9.17, 15) is 0 Å². The predicted molar refractivity (Wildman–Crippen MR) is 84.2 cm³/mol. The van der Waals surface area contributed by atoms with Crippen LogP contribution in [0.15, 0.2) is 18.2 Å². The molecule has 21 heavy (non-hydrogen) atoms. The lowest BCUT2D eigenvalue weighted by Gasteiger charge is -2.14. The number of ether oxygens (including phenoxy) is 3. The van der Waals surface area contributed by atoms with Crippen LogP contribution in [0.5, 0.6) is 11.5 Å². The summed E-state index contributed by atoms with van der Waals surface area (Å²) >= 11 is 0. The first kappa shape index (κ1) is 16.1. The van der Waals surface area contributed by atoms with Gasteiger partial charge in [-0.2, -0.15) is 0 Å². The van der Waals surface area contributed by atoms with Crippen LogP contribution in [0, 0.1) is 11.3 Å². The van der Waals surface area contributed by atoms with E-state index in [1.807, 2.05) is 6.07 Å². The summed E-state index contributed by atoms with van der Waals surface area (Å²) < 4.78 is 15.7. The number of methoxy groups -OCH3 is 3. The maximum absolute atomic E-state index is 5.38. The molecule has 1 aromatic rings. The summed E-state index contributed by atoms with van der Waals surface area (Å²) in [6.45, 7) is 5.15. The smallest absolute Gasteiger partial charge is 0.160 e. The van der Waals surface area contributed by atoms with Gasteiger partial charge in [-0.3, -0.25) is 0 Å². The lowest BCUT2D eigenvalue weighted by molar-refractivity contribution is 0.198. The fraction of sp³-hybridized carbons (Fsp3) is 0.647. The van der Waals surface area contributed by atoms with Gasteiger partial charge in [0, 0.05) is 13.7 Å². The Morgan fingerprint density at radius 1 is 1.19 bits per heavy atom. The third-order valence-corrected chi connectivity index (χ3v) is 4.47. The third-order valence-electron chi connectivity index (χ3n) is 4.47. The zero-order valence-corrected chi connectivity index (χ0v) is 13.6. The minimum absolute atomic E-state index is 0.402. The molecular formula is C17H27NO3. The molecule has 1 N–H and O–H groups in total. The summed E-state index contributed by atoms with van der Waals surface area (Å²) in [5.41, 5.74) is 1.72. The highest BCUT2D eigenvalue weighted by atomic mass is 16.5. The highest BCUT2D eigenvalue weighted by Gasteiger charge is 2.48. The monoisotopic (exact) mass is 293 g/mol.